The van der Waals surface area contributed by atoms with Crippen molar-refractivity contribution in [3.63, 3.8) is 0 Å². The molecule has 1 aromatic carbocycles. The van der Waals surface area contributed by atoms with Gasteiger partial charge in [-0.15, -0.1) is 0 Å². The number of hydrogen-bond donors (Lipinski definition) is 2. The van der Waals surface area contributed by atoms with Gasteiger partial charge in [-0.2, -0.15) is 4.31 Å². The van der Waals surface area contributed by atoms with Crippen LogP contribution in [0.1, 0.15) is 63.0 Å². The molecule has 1 saturated heterocycles. The first kappa shape index (κ1) is 23.3. The van der Waals surface area contributed by atoms with Crippen molar-refractivity contribution in [2.24, 2.45) is 4.99 Å². The van der Waals surface area contributed by atoms with E-state index < -0.39 is 10.0 Å². The Hall–Kier alpha value is -2.39. The second kappa shape index (κ2) is 10.8. The van der Waals surface area contributed by atoms with Crippen LogP contribution >= 0.6 is 0 Å². The molecule has 0 bridgehead atoms. The van der Waals surface area contributed by atoms with Crippen LogP contribution in [0.4, 0.5) is 0 Å². The predicted molar refractivity (Wildman–Crippen MR) is 121 cm³/mol. The molecule has 2 N–H and O–H groups in total. The van der Waals surface area contributed by atoms with Gasteiger partial charge in [0.2, 0.25) is 10.0 Å². The number of guanidine groups is 1. The number of piperidine rings is 1. The van der Waals surface area contributed by atoms with Gasteiger partial charge in [-0.05, 0) is 43.4 Å². The molecule has 2 heterocycles. The van der Waals surface area contributed by atoms with Gasteiger partial charge in [0.05, 0.1) is 23.7 Å². The molecule has 1 aromatic heterocycles. The van der Waals surface area contributed by atoms with Gasteiger partial charge >= 0.3 is 0 Å². The van der Waals surface area contributed by atoms with Gasteiger partial charge in [0.25, 0.3) is 0 Å². The first-order chi connectivity index (χ1) is 14.9. The monoisotopic (exact) mass is 447 g/mol. The maximum atomic E-state index is 12.8. The Morgan fingerprint density at radius 1 is 1.16 bits per heavy atom. The van der Waals surface area contributed by atoms with Crippen molar-refractivity contribution in [2.45, 2.75) is 63.9 Å². The van der Waals surface area contributed by atoms with Crippen LogP contribution < -0.4 is 10.6 Å². The lowest BCUT2D eigenvalue weighted by molar-refractivity contribution is 0.346. The molecular formula is C22H33N5O3S. The van der Waals surface area contributed by atoms with Gasteiger partial charge in [0, 0.05) is 25.7 Å². The minimum absolute atomic E-state index is 0.320. The van der Waals surface area contributed by atoms with E-state index in [1.165, 1.54) is 0 Å². The third-order valence-corrected chi connectivity index (χ3v) is 7.15. The molecule has 9 heteroatoms. The van der Waals surface area contributed by atoms with Crippen molar-refractivity contribution in [1.29, 1.82) is 0 Å². The molecule has 31 heavy (non-hydrogen) atoms. The summed E-state index contributed by atoms with van der Waals surface area (Å²) in [6.45, 7) is 9.01. The zero-order valence-electron chi connectivity index (χ0n) is 18.6. The van der Waals surface area contributed by atoms with Crippen LogP contribution in [0.25, 0.3) is 0 Å². The molecule has 0 amide bonds. The largest absolute Gasteiger partial charge is 0.359 e. The second-order valence-electron chi connectivity index (χ2n) is 8.03. The van der Waals surface area contributed by atoms with Crippen LogP contribution in [-0.2, 0) is 23.1 Å². The van der Waals surface area contributed by atoms with Gasteiger partial charge in [-0.3, -0.25) is 0 Å². The number of aliphatic imine (C=N–C) groups is 1. The standard InChI is InChI=1S/C22H33N5O3S/c1-4-23-22(25-16-19-14-21(17(2)3)26-30-19)24-15-18-8-10-20(11-9-18)31(28,29)27-12-6-5-7-13-27/h8-11,14,17H,4-7,12-13,15-16H2,1-3H3,(H2,23,24,25). The molecule has 0 unspecified atom stereocenters. The van der Waals surface area contributed by atoms with Crippen molar-refractivity contribution < 1.29 is 12.9 Å². The zero-order valence-corrected chi connectivity index (χ0v) is 19.4. The van der Waals surface area contributed by atoms with E-state index in [0.29, 0.717) is 43.0 Å². The van der Waals surface area contributed by atoms with E-state index in [1.807, 2.05) is 25.1 Å². The summed E-state index contributed by atoms with van der Waals surface area (Å²) >= 11 is 0. The fourth-order valence-electron chi connectivity index (χ4n) is 3.39. The molecule has 1 aliphatic rings. The van der Waals surface area contributed by atoms with Crippen LogP contribution in [0.5, 0.6) is 0 Å². The molecule has 0 atom stereocenters. The molecule has 0 aliphatic carbocycles. The van der Waals surface area contributed by atoms with Crippen LogP contribution in [0.15, 0.2) is 44.7 Å². The molecule has 8 nitrogen and oxygen atoms in total. The fraction of sp³-hybridized carbons (Fsp3) is 0.545. The Morgan fingerprint density at radius 2 is 1.87 bits per heavy atom. The Kier molecular flexibility index (Phi) is 8.09. The average Bonchev–Trinajstić information content (AvgIpc) is 3.26. The normalized spacial score (nSPS) is 15.9. The van der Waals surface area contributed by atoms with E-state index in [2.05, 4.69) is 34.6 Å². The topological polar surface area (TPSA) is 99.8 Å². The number of hydrogen-bond acceptors (Lipinski definition) is 5. The first-order valence-electron chi connectivity index (χ1n) is 11.0. The van der Waals surface area contributed by atoms with E-state index >= 15 is 0 Å². The number of nitrogens with zero attached hydrogens (tertiary/aromatic N) is 3. The van der Waals surface area contributed by atoms with Gasteiger partial charge in [-0.25, -0.2) is 13.4 Å². The predicted octanol–water partition coefficient (Wildman–Crippen LogP) is 3.23. The van der Waals surface area contributed by atoms with Crippen LogP contribution in [0.3, 0.4) is 0 Å². The summed E-state index contributed by atoms with van der Waals surface area (Å²) in [6.07, 6.45) is 2.96. The minimum Gasteiger partial charge on any atom is -0.359 e. The molecule has 1 aliphatic heterocycles. The van der Waals surface area contributed by atoms with Gasteiger partial charge in [0.15, 0.2) is 11.7 Å². The van der Waals surface area contributed by atoms with Crippen molar-refractivity contribution >= 4 is 16.0 Å². The van der Waals surface area contributed by atoms with Crippen molar-refractivity contribution in [1.82, 2.24) is 20.1 Å². The summed E-state index contributed by atoms with van der Waals surface area (Å²) in [5, 5.41) is 10.5. The van der Waals surface area contributed by atoms with Gasteiger partial charge in [0.1, 0.15) is 0 Å². The number of aromatic nitrogens is 1. The number of sulfonamides is 1. The summed E-state index contributed by atoms with van der Waals surface area (Å²) in [5.41, 5.74) is 1.87. The van der Waals surface area contributed by atoms with Gasteiger partial charge in [-0.1, -0.05) is 37.6 Å². The highest BCUT2D eigenvalue weighted by atomic mass is 32.2. The highest BCUT2D eigenvalue weighted by Crippen LogP contribution is 2.21. The van der Waals surface area contributed by atoms with Crippen LogP contribution in [-0.4, -0.2) is 43.5 Å². The molecule has 3 rings (SSSR count). The fourth-order valence-corrected chi connectivity index (χ4v) is 4.91. The van der Waals surface area contributed by atoms with Crippen molar-refractivity contribution in [3.05, 3.63) is 47.3 Å². The highest BCUT2D eigenvalue weighted by Gasteiger charge is 2.25. The molecule has 0 saturated carbocycles. The van der Waals surface area contributed by atoms with Crippen LogP contribution in [0, 0.1) is 0 Å². The quantitative estimate of drug-likeness (QED) is 0.476. The molecule has 0 radical (unpaired) electrons. The third kappa shape index (κ3) is 6.30. The van der Waals surface area contributed by atoms with E-state index in [0.717, 1.165) is 42.8 Å². The second-order valence-corrected chi connectivity index (χ2v) is 9.97. The maximum Gasteiger partial charge on any atom is 0.243 e. The third-order valence-electron chi connectivity index (χ3n) is 5.24. The van der Waals surface area contributed by atoms with E-state index in [4.69, 9.17) is 4.52 Å². The molecular weight excluding hydrogens is 414 g/mol. The van der Waals surface area contributed by atoms with Gasteiger partial charge < -0.3 is 15.2 Å². The van der Waals surface area contributed by atoms with Crippen molar-refractivity contribution in [3.8, 4) is 0 Å². The lowest BCUT2D eigenvalue weighted by atomic mass is 10.1. The zero-order chi connectivity index (χ0) is 22.3. The SMILES string of the molecule is CCNC(=NCc1ccc(S(=O)(=O)N2CCCCC2)cc1)NCc1cc(C(C)C)no1. The summed E-state index contributed by atoms with van der Waals surface area (Å²) in [5.74, 6) is 1.73. The van der Waals surface area contributed by atoms with Crippen molar-refractivity contribution in [2.75, 3.05) is 19.6 Å². The molecule has 2 aromatic rings. The molecule has 1 fully saturated rings. The maximum absolute atomic E-state index is 12.8. The summed E-state index contributed by atoms with van der Waals surface area (Å²) in [4.78, 5) is 4.94. The summed E-state index contributed by atoms with van der Waals surface area (Å²) in [6, 6.07) is 8.96. The number of rotatable bonds is 8. The summed E-state index contributed by atoms with van der Waals surface area (Å²) < 4.78 is 32.5. The van der Waals surface area contributed by atoms with Crippen LogP contribution in [0.2, 0.25) is 0 Å². The minimum atomic E-state index is -3.41. The smallest absolute Gasteiger partial charge is 0.243 e. The Balaban J connectivity index is 1.61. The lowest BCUT2D eigenvalue weighted by Crippen LogP contribution is -2.36. The Morgan fingerprint density at radius 3 is 2.48 bits per heavy atom. The average molecular weight is 448 g/mol. The number of benzene rings is 1. The molecule has 0 spiro atoms. The summed E-state index contributed by atoms with van der Waals surface area (Å²) in [7, 11) is -3.41. The molecule has 170 valence electrons. The number of nitrogens with one attached hydrogen (secondary N) is 2. The van der Waals surface area contributed by atoms with E-state index in [-0.39, 0.29) is 0 Å². The van der Waals surface area contributed by atoms with E-state index in [9.17, 15) is 8.42 Å². The highest BCUT2D eigenvalue weighted by molar-refractivity contribution is 7.89. The Bertz CT molecular complexity index is 961. The lowest BCUT2D eigenvalue weighted by Gasteiger charge is -2.25. The van der Waals surface area contributed by atoms with E-state index in [1.54, 1.807) is 16.4 Å². The Labute approximate surface area is 185 Å². The first-order valence-corrected chi connectivity index (χ1v) is 12.4.